The van der Waals surface area contributed by atoms with E-state index in [0.29, 0.717) is 0 Å². The number of hydrogen-bond acceptors (Lipinski definition) is 1. The number of nitrogens with two attached hydrogens (primary N) is 1. The Morgan fingerprint density at radius 3 is 2.47 bits per heavy atom. The third-order valence-corrected chi connectivity index (χ3v) is 2.37. The molecule has 7 heteroatoms. The first-order valence-electron chi connectivity index (χ1n) is 3.69. The molecule has 0 aliphatic rings. The summed E-state index contributed by atoms with van der Waals surface area (Å²) in [6.07, 6.45) is 0. The molecule has 0 bridgehead atoms. The Hall–Kier alpha value is -0.580. The summed E-state index contributed by atoms with van der Waals surface area (Å²) in [4.78, 5) is 3.59. The van der Waals surface area contributed by atoms with E-state index >= 15 is 0 Å². The smallest absolute Gasteiger partial charge is 0.170 e. The molecule has 82 valence electrons. The van der Waals surface area contributed by atoms with Gasteiger partial charge in [0.1, 0.15) is 16.5 Å². The lowest BCUT2D eigenvalue weighted by Gasteiger charge is -2.03. The molecule has 0 radical (unpaired) electrons. The maximum atomic E-state index is 13.3. The molecule has 0 aliphatic heterocycles. The maximum absolute atomic E-state index is 13.3. The lowest BCUT2D eigenvalue weighted by Crippen LogP contribution is -2.12. The van der Waals surface area contributed by atoms with Gasteiger partial charge in [0.15, 0.2) is 11.6 Å². The van der Waals surface area contributed by atoms with Crippen LogP contribution in [0.5, 0.6) is 0 Å². The minimum atomic E-state index is -1.03. The van der Waals surface area contributed by atoms with Crippen molar-refractivity contribution >= 4 is 46.3 Å². The van der Waals surface area contributed by atoms with Crippen molar-refractivity contribution in [2.75, 3.05) is 5.88 Å². The predicted octanol–water partition coefficient (Wildman–Crippen LogP) is 3.50. The van der Waals surface area contributed by atoms with Crippen molar-refractivity contribution < 1.29 is 8.78 Å². The third-order valence-electron chi connectivity index (χ3n) is 1.48. The van der Waals surface area contributed by atoms with Crippen molar-refractivity contribution in [3.8, 4) is 0 Å². The molecular formula is C8H5Cl3F2N2. The lowest BCUT2D eigenvalue weighted by atomic mass is 10.3. The topological polar surface area (TPSA) is 38.4 Å². The first-order valence-corrected chi connectivity index (χ1v) is 4.98. The van der Waals surface area contributed by atoms with Gasteiger partial charge >= 0.3 is 0 Å². The summed E-state index contributed by atoms with van der Waals surface area (Å²) >= 11 is 16.1. The maximum Gasteiger partial charge on any atom is 0.170 e. The first-order chi connectivity index (χ1) is 6.97. The largest absolute Gasteiger partial charge is 0.386 e. The zero-order chi connectivity index (χ0) is 11.6. The third kappa shape index (κ3) is 2.71. The Morgan fingerprint density at radius 1 is 1.33 bits per heavy atom. The van der Waals surface area contributed by atoms with E-state index in [-0.39, 0.29) is 22.4 Å². The van der Waals surface area contributed by atoms with Gasteiger partial charge < -0.3 is 5.73 Å². The number of rotatable bonds is 2. The van der Waals surface area contributed by atoms with E-state index in [0.717, 1.165) is 6.07 Å². The molecule has 1 rings (SSSR count). The molecule has 0 amide bonds. The summed E-state index contributed by atoms with van der Waals surface area (Å²) in [6.45, 7) is 0. The van der Waals surface area contributed by atoms with Crippen LogP contribution in [0.4, 0.5) is 14.5 Å². The molecule has 0 heterocycles. The minimum absolute atomic E-state index is 0.0192. The Labute approximate surface area is 99.6 Å². The predicted molar refractivity (Wildman–Crippen MR) is 58.4 cm³/mol. The number of nitrogens with zero attached hydrogens (tertiary/aromatic N) is 1. The van der Waals surface area contributed by atoms with E-state index in [1.807, 2.05) is 0 Å². The molecule has 0 saturated carbocycles. The van der Waals surface area contributed by atoms with Gasteiger partial charge in [-0.1, -0.05) is 23.2 Å². The number of amidine groups is 1. The van der Waals surface area contributed by atoms with Crippen LogP contribution in [0, 0.1) is 11.6 Å². The van der Waals surface area contributed by atoms with Gasteiger partial charge in [-0.2, -0.15) is 0 Å². The standard InChI is InChI=1S/C8H5Cl3F2N2/c9-2-5(14)15-4-1-3(10)7(12)6(11)8(4)13/h1H,2H2,(H2,14,15). The Kier molecular flexibility index (Phi) is 4.13. The summed E-state index contributed by atoms with van der Waals surface area (Å²) in [5.41, 5.74) is 5.04. The van der Waals surface area contributed by atoms with E-state index in [9.17, 15) is 8.78 Å². The Balaban J connectivity index is 3.33. The fourth-order valence-corrected chi connectivity index (χ4v) is 1.33. The van der Waals surface area contributed by atoms with Gasteiger partial charge in [0, 0.05) is 0 Å². The van der Waals surface area contributed by atoms with Crippen LogP contribution in [-0.4, -0.2) is 11.7 Å². The molecule has 1 aromatic carbocycles. The molecule has 1 aromatic rings. The molecule has 0 unspecified atom stereocenters. The molecule has 0 fully saturated rings. The summed E-state index contributed by atoms with van der Waals surface area (Å²) in [7, 11) is 0. The van der Waals surface area contributed by atoms with Crippen LogP contribution < -0.4 is 5.73 Å². The minimum Gasteiger partial charge on any atom is -0.386 e. The number of alkyl halides is 1. The molecule has 0 aromatic heterocycles. The number of benzene rings is 1. The summed E-state index contributed by atoms with van der Waals surface area (Å²) in [6, 6.07) is 0.984. The summed E-state index contributed by atoms with van der Waals surface area (Å²) in [5.74, 6) is -2.15. The first kappa shape index (κ1) is 12.5. The van der Waals surface area contributed by atoms with Gasteiger partial charge in [-0.15, -0.1) is 11.6 Å². The summed E-state index contributed by atoms with van der Waals surface area (Å²) < 4.78 is 26.3. The fraction of sp³-hybridized carbons (Fsp3) is 0.125. The van der Waals surface area contributed by atoms with E-state index < -0.39 is 16.7 Å². The van der Waals surface area contributed by atoms with Crippen LogP contribution in [0.3, 0.4) is 0 Å². The monoisotopic (exact) mass is 272 g/mol. The molecule has 0 aliphatic carbocycles. The second kappa shape index (κ2) is 4.96. The van der Waals surface area contributed by atoms with Crippen LogP contribution in [0.2, 0.25) is 10.0 Å². The van der Waals surface area contributed by atoms with Crippen molar-refractivity contribution in [1.29, 1.82) is 0 Å². The van der Waals surface area contributed by atoms with Crippen molar-refractivity contribution in [1.82, 2.24) is 0 Å². The Morgan fingerprint density at radius 2 is 1.93 bits per heavy atom. The van der Waals surface area contributed by atoms with Crippen molar-refractivity contribution in [2.45, 2.75) is 0 Å². The molecule has 15 heavy (non-hydrogen) atoms. The molecular weight excluding hydrogens is 268 g/mol. The van der Waals surface area contributed by atoms with E-state index in [1.54, 1.807) is 0 Å². The number of aliphatic imine (C=N–C) groups is 1. The van der Waals surface area contributed by atoms with Gasteiger partial charge in [-0.25, -0.2) is 13.8 Å². The zero-order valence-electron chi connectivity index (χ0n) is 7.20. The van der Waals surface area contributed by atoms with Crippen molar-refractivity contribution in [3.63, 3.8) is 0 Å². The highest BCUT2D eigenvalue weighted by Gasteiger charge is 2.15. The van der Waals surface area contributed by atoms with Crippen LogP contribution >= 0.6 is 34.8 Å². The zero-order valence-corrected chi connectivity index (χ0v) is 9.47. The average Bonchev–Trinajstić information content (AvgIpc) is 2.22. The number of hydrogen-bond donors (Lipinski definition) is 1. The Bertz CT molecular complexity index is 421. The number of halogens is 5. The normalized spacial score (nSPS) is 11.9. The highest BCUT2D eigenvalue weighted by Crippen LogP contribution is 2.32. The van der Waals surface area contributed by atoms with Gasteiger partial charge in [-0.3, -0.25) is 0 Å². The highest BCUT2D eigenvalue weighted by atomic mass is 35.5. The van der Waals surface area contributed by atoms with Crippen LogP contribution in [-0.2, 0) is 0 Å². The second-order valence-corrected chi connectivity index (χ2v) is 3.61. The molecule has 0 atom stereocenters. The molecule has 0 spiro atoms. The highest BCUT2D eigenvalue weighted by molar-refractivity contribution is 6.35. The SMILES string of the molecule is NC(CCl)=Nc1cc(Cl)c(F)c(Cl)c1F. The van der Waals surface area contributed by atoms with E-state index in [1.165, 1.54) is 0 Å². The van der Waals surface area contributed by atoms with Crippen LogP contribution in [0.25, 0.3) is 0 Å². The van der Waals surface area contributed by atoms with Crippen LogP contribution in [0.1, 0.15) is 0 Å². The molecule has 2 nitrogen and oxygen atoms in total. The summed E-state index contributed by atoms with van der Waals surface area (Å²) in [5, 5.41) is -1.05. The fourth-order valence-electron chi connectivity index (χ4n) is 0.826. The lowest BCUT2D eigenvalue weighted by molar-refractivity contribution is 0.586. The van der Waals surface area contributed by atoms with Crippen LogP contribution in [0.15, 0.2) is 11.1 Å². The van der Waals surface area contributed by atoms with Gasteiger partial charge in [-0.05, 0) is 6.07 Å². The average molecular weight is 273 g/mol. The molecule has 0 saturated heterocycles. The van der Waals surface area contributed by atoms with E-state index in [2.05, 4.69) is 4.99 Å². The van der Waals surface area contributed by atoms with Crippen molar-refractivity contribution in [3.05, 3.63) is 27.7 Å². The van der Waals surface area contributed by atoms with Crippen molar-refractivity contribution in [2.24, 2.45) is 10.7 Å². The van der Waals surface area contributed by atoms with Gasteiger partial charge in [0.2, 0.25) is 0 Å². The molecule has 2 N–H and O–H groups in total. The quantitative estimate of drug-likeness (QED) is 0.289. The van der Waals surface area contributed by atoms with E-state index in [4.69, 9.17) is 40.5 Å². The van der Waals surface area contributed by atoms with Gasteiger partial charge in [0.25, 0.3) is 0 Å². The van der Waals surface area contributed by atoms with Gasteiger partial charge in [0.05, 0.1) is 10.9 Å². The second-order valence-electron chi connectivity index (χ2n) is 2.56.